The van der Waals surface area contributed by atoms with Crippen LogP contribution in [-0.4, -0.2) is 39.2 Å². The number of ether oxygens (including phenoxy) is 3. The van der Waals surface area contributed by atoms with Gasteiger partial charge < -0.3 is 19.0 Å². The van der Waals surface area contributed by atoms with Gasteiger partial charge in [-0.25, -0.2) is 0 Å². The van der Waals surface area contributed by atoms with Gasteiger partial charge in [0.2, 0.25) is 0 Å². The first kappa shape index (κ1) is 26.5. The van der Waals surface area contributed by atoms with Crippen LogP contribution >= 0.6 is 69.6 Å². The van der Waals surface area contributed by atoms with Gasteiger partial charge in [-0.3, -0.25) is 0 Å². The van der Waals surface area contributed by atoms with Gasteiger partial charge in [-0.2, -0.15) is 0 Å². The Morgan fingerprint density at radius 1 is 0.828 bits per heavy atom. The molecular weight excluding hydrogens is 507 g/mol. The molecule has 0 spiro atoms. The average molecular weight is 526 g/mol. The third-order valence-corrected chi connectivity index (χ3v) is 4.22. The summed E-state index contributed by atoms with van der Waals surface area (Å²) in [6.07, 6.45) is 6.05. The molecule has 0 N–H and O–H groups in total. The summed E-state index contributed by atoms with van der Waals surface area (Å²) in [5.41, 5.74) is 0. The topological polar surface area (TPSA) is 49.3 Å². The number of hydrogen-bond acceptors (Lipinski definition) is 5. The molecule has 0 aliphatic heterocycles. The second kappa shape index (κ2) is 16.2. The van der Waals surface area contributed by atoms with E-state index in [1.807, 2.05) is 0 Å². The van der Waals surface area contributed by atoms with Gasteiger partial charge in [-0.1, -0.05) is 74.8 Å². The second-order valence-electron chi connectivity index (χ2n) is 5.23. The molecule has 0 fully saturated rings. The summed E-state index contributed by atoms with van der Waals surface area (Å²) in [7, 11) is 0. The summed E-state index contributed by atoms with van der Waals surface area (Å²) in [4.78, 5) is 4.88. The van der Waals surface area contributed by atoms with Crippen LogP contribution in [-0.2, 0) is 9.57 Å². The minimum Gasteiger partial charge on any atom is -0.490 e. The van der Waals surface area contributed by atoms with E-state index >= 15 is 0 Å². The van der Waals surface area contributed by atoms with Crippen LogP contribution < -0.4 is 9.47 Å². The van der Waals surface area contributed by atoms with E-state index in [1.165, 1.54) is 18.4 Å². The van der Waals surface area contributed by atoms with Crippen LogP contribution in [0.1, 0.15) is 12.8 Å². The van der Waals surface area contributed by atoms with Crippen LogP contribution in [0, 0.1) is 0 Å². The van der Waals surface area contributed by atoms with Gasteiger partial charge in [-0.05, 0) is 25.0 Å². The van der Waals surface area contributed by atoms with E-state index in [-0.39, 0.29) is 22.2 Å². The number of benzene rings is 1. The Bertz CT molecular complexity index is 681. The number of hydrogen-bond donors (Lipinski definition) is 0. The van der Waals surface area contributed by atoms with Crippen LogP contribution in [0.4, 0.5) is 0 Å². The lowest BCUT2D eigenvalue weighted by Gasteiger charge is -2.12. The largest absolute Gasteiger partial charge is 0.490 e. The quantitative estimate of drug-likeness (QED) is 0.146. The van der Waals surface area contributed by atoms with Crippen molar-refractivity contribution >= 4 is 75.8 Å². The highest BCUT2D eigenvalue weighted by Crippen LogP contribution is 2.37. The van der Waals surface area contributed by atoms with Crippen molar-refractivity contribution in [2.45, 2.75) is 12.8 Å². The van der Waals surface area contributed by atoms with E-state index in [1.54, 1.807) is 12.1 Å². The van der Waals surface area contributed by atoms with Crippen molar-refractivity contribution in [3.05, 3.63) is 43.3 Å². The third kappa shape index (κ3) is 13.4. The first-order valence-electron chi connectivity index (χ1n) is 8.38. The van der Waals surface area contributed by atoms with Gasteiger partial charge in [0.25, 0.3) is 0 Å². The smallest absolute Gasteiger partial charge is 0.156 e. The van der Waals surface area contributed by atoms with E-state index in [9.17, 15) is 0 Å². The van der Waals surface area contributed by atoms with Crippen LogP contribution in [0.3, 0.4) is 0 Å². The molecule has 0 saturated carbocycles. The minimum absolute atomic E-state index is 0.122. The van der Waals surface area contributed by atoms with Crippen molar-refractivity contribution in [2.24, 2.45) is 5.16 Å². The molecule has 11 heteroatoms. The summed E-state index contributed by atoms with van der Waals surface area (Å²) in [5.74, 6) is 0.891. The van der Waals surface area contributed by atoms with E-state index in [0.717, 1.165) is 12.8 Å². The maximum atomic E-state index is 6.20. The van der Waals surface area contributed by atoms with Crippen LogP contribution in [0.15, 0.2) is 38.4 Å². The molecule has 1 rings (SSSR count). The fourth-order valence-electron chi connectivity index (χ4n) is 1.80. The molecule has 0 atom stereocenters. The molecule has 0 bridgehead atoms. The van der Waals surface area contributed by atoms with E-state index in [0.29, 0.717) is 41.4 Å². The zero-order chi connectivity index (χ0) is 21.5. The lowest BCUT2D eigenvalue weighted by Crippen LogP contribution is -2.03. The number of nitrogens with zero attached hydrogens (tertiary/aromatic N) is 1. The van der Waals surface area contributed by atoms with Crippen molar-refractivity contribution < 1.29 is 19.0 Å². The van der Waals surface area contributed by atoms with Crippen molar-refractivity contribution in [3.63, 3.8) is 0 Å². The Morgan fingerprint density at radius 3 is 2.10 bits per heavy atom. The van der Waals surface area contributed by atoms with Crippen LogP contribution in [0.5, 0.6) is 11.5 Å². The monoisotopic (exact) mass is 523 g/mol. The molecule has 0 unspecified atom stereocenters. The predicted molar refractivity (Wildman–Crippen MR) is 122 cm³/mol. The van der Waals surface area contributed by atoms with Gasteiger partial charge >= 0.3 is 0 Å². The molecule has 0 saturated heterocycles. The zero-order valence-electron chi connectivity index (χ0n) is 15.2. The summed E-state index contributed by atoms with van der Waals surface area (Å²) in [5, 5.41) is 4.38. The Hall–Kier alpha value is -0.530. The number of rotatable bonds is 14. The molecule has 0 radical (unpaired) electrons. The Labute approximate surface area is 200 Å². The van der Waals surface area contributed by atoms with Gasteiger partial charge in [0.15, 0.2) is 5.75 Å². The molecule has 5 nitrogen and oxygen atoms in total. The third-order valence-electron chi connectivity index (χ3n) is 3.04. The summed E-state index contributed by atoms with van der Waals surface area (Å²) in [6.45, 7) is 1.73. The van der Waals surface area contributed by atoms with Crippen LogP contribution in [0.2, 0.25) is 10.0 Å². The lowest BCUT2D eigenvalue weighted by atomic mass is 10.3. The van der Waals surface area contributed by atoms with Gasteiger partial charge in [0.1, 0.15) is 27.9 Å². The standard InChI is InChI=1S/C18H19Cl6NO4/c19-14-11-13(27-8-3-16(21)22)12-15(20)18(14)28-7-2-1-6-26-10-5-25-29-9-4-17(23)24/h3-5,11-12H,1-2,6-10H2. The fraction of sp³-hybridized carbons (Fsp3) is 0.389. The average Bonchev–Trinajstić information content (AvgIpc) is 2.64. The van der Waals surface area contributed by atoms with E-state index < -0.39 is 0 Å². The predicted octanol–water partition coefficient (Wildman–Crippen LogP) is 7.19. The molecule has 0 amide bonds. The Morgan fingerprint density at radius 2 is 1.45 bits per heavy atom. The molecule has 0 heterocycles. The maximum Gasteiger partial charge on any atom is 0.156 e. The zero-order valence-corrected chi connectivity index (χ0v) is 19.7. The number of unbranched alkanes of at least 4 members (excludes halogenated alkanes) is 1. The van der Waals surface area contributed by atoms with Crippen molar-refractivity contribution in [1.29, 1.82) is 0 Å². The molecule has 162 valence electrons. The van der Waals surface area contributed by atoms with Crippen molar-refractivity contribution in [1.82, 2.24) is 0 Å². The maximum absolute atomic E-state index is 6.20. The van der Waals surface area contributed by atoms with Gasteiger partial charge in [-0.15, -0.1) is 0 Å². The van der Waals surface area contributed by atoms with Crippen molar-refractivity contribution in [3.8, 4) is 11.5 Å². The minimum atomic E-state index is 0.122. The first-order chi connectivity index (χ1) is 13.9. The normalized spacial score (nSPS) is 10.7. The Balaban J connectivity index is 2.20. The summed E-state index contributed by atoms with van der Waals surface area (Å²) in [6, 6.07) is 3.22. The highest BCUT2D eigenvalue weighted by Gasteiger charge is 2.10. The molecule has 0 aromatic heterocycles. The number of oxime groups is 1. The summed E-state index contributed by atoms with van der Waals surface area (Å²) >= 11 is 34.3. The molecule has 0 aliphatic carbocycles. The molecule has 1 aromatic carbocycles. The second-order valence-corrected chi connectivity index (χ2v) is 8.06. The Kier molecular flexibility index (Phi) is 14.8. The molecule has 0 aliphatic rings. The van der Waals surface area contributed by atoms with Crippen LogP contribution in [0.25, 0.3) is 0 Å². The number of halogens is 6. The highest BCUT2D eigenvalue weighted by atomic mass is 35.5. The summed E-state index contributed by atoms with van der Waals surface area (Å²) < 4.78 is 16.7. The SMILES string of the molecule is ClC(Cl)=CCON=CCOCCCCOc1c(Cl)cc(OCC=C(Cl)Cl)cc1Cl. The van der Waals surface area contributed by atoms with E-state index in [4.69, 9.17) is 88.7 Å². The molecular formula is C18H19Cl6NO4. The first-order valence-corrected chi connectivity index (χ1v) is 10.7. The molecule has 29 heavy (non-hydrogen) atoms. The fourth-order valence-corrected chi connectivity index (χ4v) is 2.63. The molecule has 1 aromatic rings. The van der Waals surface area contributed by atoms with E-state index in [2.05, 4.69) is 5.16 Å². The lowest BCUT2D eigenvalue weighted by molar-refractivity contribution is 0.150. The van der Waals surface area contributed by atoms with Gasteiger partial charge in [0.05, 0.1) is 29.5 Å². The highest BCUT2D eigenvalue weighted by molar-refractivity contribution is 6.56. The van der Waals surface area contributed by atoms with Gasteiger partial charge in [0, 0.05) is 18.7 Å². The van der Waals surface area contributed by atoms with Crippen molar-refractivity contribution in [2.75, 3.05) is 33.0 Å².